The number of oxime groups is 1. The minimum absolute atomic E-state index is 0.0606. The largest absolute Gasteiger partial charge is 0.511 e. The first-order valence-corrected chi connectivity index (χ1v) is 7.64. The van der Waals surface area contributed by atoms with E-state index < -0.39 is 23.1 Å². The molecule has 0 heterocycles. The molecule has 0 spiro atoms. The zero-order valence-corrected chi connectivity index (χ0v) is 14.2. The van der Waals surface area contributed by atoms with Gasteiger partial charge in [0.25, 0.3) is 0 Å². The predicted molar refractivity (Wildman–Crippen MR) is 87.1 cm³/mol. The Morgan fingerprint density at radius 1 is 1.52 bits per heavy atom. The molecule has 0 aromatic carbocycles. The third-order valence-electron chi connectivity index (χ3n) is 3.78. The highest BCUT2D eigenvalue weighted by Crippen LogP contribution is 2.42. The summed E-state index contributed by atoms with van der Waals surface area (Å²) in [5.41, 5.74) is -0.302. The van der Waals surface area contributed by atoms with Gasteiger partial charge in [-0.3, -0.25) is 9.59 Å². The van der Waals surface area contributed by atoms with Crippen LogP contribution in [-0.2, 0) is 19.2 Å². The second kappa shape index (κ2) is 7.94. The number of esters is 1. The maximum Gasteiger partial charge on any atom is 0.317 e. The van der Waals surface area contributed by atoms with Crippen molar-refractivity contribution >= 4 is 17.5 Å². The van der Waals surface area contributed by atoms with Gasteiger partial charge in [-0.05, 0) is 11.8 Å². The SMILES string of the molecule is C=CCON=C(CCC)C1=C(O)CC(C)(C)[C@@H](C(=O)OC)C1=O. The highest BCUT2D eigenvalue weighted by atomic mass is 16.6. The van der Waals surface area contributed by atoms with Crippen molar-refractivity contribution in [3.8, 4) is 0 Å². The second-order valence-electron chi connectivity index (χ2n) is 6.18. The Morgan fingerprint density at radius 3 is 2.70 bits per heavy atom. The van der Waals surface area contributed by atoms with Crippen LogP contribution >= 0.6 is 0 Å². The number of ketones is 1. The fourth-order valence-corrected chi connectivity index (χ4v) is 2.74. The van der Waals surface area contributed by atoms with Gasteiger partial charge < -0.3 is 14.7 Å². The van der Waals surface area contributed by atoms with E-state index in [2.05, 4.69) is 11.7 Å². The second-order valence-corrected chi connectivity index (χ2v) is 6.18. The maximum atomic E-state index is 12.8. The van der Waals surface area contributed by atoms with Crippen LogP contribution in [0, 0.1) is 11.3 Å². The smallest absolute Gasteiger partial charge is 0.317 e. The number of hydrogen-bond donors (Lipinski definition) is 1. The monoisotopic (exact) mass is 323 g/mol. The maximum absolute atomic E-state index is 12.8. The van der Waals surface area contributed by atoms with Gasteiger partial charge in [-0.25, -0.2) is 0 Å². The topological polar surface area (TPSA) is 85.2 Å². The zero-order chi connectivity index (χ0) is 17.6. The number of aliphatic hydroxyl groups excluding tert-OH is 1. The molecule has 128 valence electrons. The van der Waals surface area contributed by atoms with Gasteiger partial charge in [0.2, 0.25) is 0 Å². The number of carbonyl (C=O) groups excluding carboxylic acids is 2. The van der Waals surface area contributed by atoms with Gasteiger partial charge in [0.05, 0.1) is 18.4 Å². The molecule has 0 radical (unpaired) electrons. The standard InChI is InChI=1S/C17H25NO5/c1-6-8-11(18-23-9-7-2)13-12(19)10-17(3,4)14(15(13)20)16(21)22-5/h7,14,19H,2,6,8-10H2,1,3-5H3/t14-/m1/s1. The van der Waals surface area contributed by atoms with Gasteiger partial charge in [-0.1, -0.05) is 45.0 Å². The molecule has 0 saturated carbocycles. The minimum Gasteiger partial charge on any atom is -0.511 e. The summed E-state index contributed by atoms with van der Waals surface area (Å²) in [6, 6.07) is 0. The van der Waals surface area contributed by atoms with Crippen molar-refractivity contribution < 1.29 is 24.3 Å². The summed E-state index contributed by atoms with van der Waals surface area (Å²) >= 11 is 0. The average Bonchev–Trinajstić information content (AvgIpc) is 2.45. The van der Waals surface area contributed by atoms with Crippen LogP contribution in [0.5, 0.6) is 0 Å². The van der Waals surface area contributed by atoms with E-state index in [0.29, 0.717) is 18.6 Å². The van der Waals surface area contributed by atoms with E-state index in [1.54, 1.807) is 13.8 Å². The van der Waals surface area contributed by atoms with E-state index in [1.807, 2.05) is 6.92 Å². The number of hydrogen-bond acceptors (Lipinski definition) is 6. The lowest BCUT2D eigenvalue weighted by Gasteiger charge is -2.36. The Kier molecular flexibility index (Phi) is 6.54. The van der Waals surface area contributed by atoms with E-state index >= 15 is 0 Å². The fraction of sp³-hybridized carbons (Fsp3) is 0.588. The van der Waals surface area contributed by atoms with Crippen LogP contribution in [-0.4, -0.2) is 36.3 Å². The number of nitrogens with zero attached hydrogens (tertiary/aromatic N) is 1. The highest BCUT2D eigenvalue weighted by Gasteiger charge is 2.48. The van der Waals surface area contributed by atoms with E-state index in [4.69, 9.17) is 9.57 Å². The molecular formula is C17H25NO5. The van der Waals surface area contributed by atoms with Crippen LogP contribution in [0.4, 0.5) is 0 Å². The van der Waals surface area contributed by atoms with Crippen molar-refractivity contribution in [1.82, 2.24) is 0 Å². The summed E-state index contributed by atoms with van der Waals surface area (Å²) in [7, 11) is 1.25. The van der Waals surface area contributed by atoms with E-state index in [1.165, 1.54) is 13.2 Å². The van der Waals surface area contributed by atoms with Gasteiger partial charge in [-0.2, -0.15) is 0 Å². The Labute approximate surface area is 136 Å². The van der Waals surface area contributed by atoms with Crippen molar-refractivity contribution in [3.05, 3.63) is 24.0 Å². The summed E-state index contributed by atoms with van der Waals surface area (Å²) in [5.74, 6) is -2.11. The van der Waals surface area contributed by atoms with E-state index in [-0.39, 0.29) is 24.4 Å². The molecule has 0 fully saturated rings. The summed E-state index contributed by atoms with van der Waals surface area (Å²) < 4.78 is 4.77. The summed E-state index contributed by atoms with van der Waals surface area (Å²) in [6.45, 7) is 9.16. The van der Waals surface area contributed by atoms with Crippen molar-refractivity contribution in [2.24, 2.45) is 16.5 Å². The van der Waals surface area contributed by atoms with Crippen LogP contribution in [0.2, 0.25) is 0 Å². The minimum atomic E-state index is -0.972. The molecule has 0 bridgehead atoms. The van der Waals surface area contributed by atoms with Crippen LogP contribution < -0.4 is 0 Å². The average molecular weight is 323 g/mol. The van der Waals surface area contributed by atoms with E-state index in [9.17, 15) is 14.7 Å². The summed E-state index contributed by atoms with van der Waals surface area (Å²) in [6.07, 6.45) is 2.89. The van der Waals surface area contributed by atoms with Gasteiger partial charge in [0.1, 0.15) is 18.3 Å². The molecule has 0 unspecified atom stereocenters. The summed E-state index contributed by atoms with van der Waals surface area (Å²) in [4.78, 5) is 30.0. The van der Waals surface area contributed by atoms with Crippen molar-refractivity contribution in [1.29, 1.82) is 0 Å². The lowest BCUT2D eigenvalue weighted by Crippen LogP contribution is -2.44. The molecule has 0 saturated heterocycles. The third kappa shape index (κ3) is 4.21. The third-order valence-corrected chi connectivity index (χ3v) is 3.78. The first-order valence-electron chi connectivity index (χ1n) is 7.64. The Balaban J connectivity index is 3.30. The van der Waals surface area contributed by atoms with Crippen LogP contribution in [0.25, 0.3) is 0 Å². The van der Waals surface area contributed by atoms with Gasteiger partial charge in [0.15, 0.2) is 5.78 Å². The highest BCUT2D eigenvalue weighted by molar-refractivity contribution is 6.27. The quantitative estimate of drug-likeness (QED) is 0.194. The van der Waals surface area contributed by atoms with Gasteiger partial charge in [0, 0.05) is 6.42 Å². The normalized spacial score (nSPS) is 21.1. The Hall–Kier alpha value is -2.11. The molecule has 1 N–H and O–H groups in total. The number of rotatable bonds is 7. The van der Waals surface area contributed by atoms with Gasteiger partial charge >= 0.3 is 5.97 Å². The molecule has 1 aliphatic rings. The number of allylic oxidation sites excluding steroid dienone is 2. The van der Waals surface area contributed by atoms with Crippen molar-refractivity contribution in [2.75, 3.05) is 13.7 Å². The lowest BCUT2D eigenvalue weighted by atomic mass is 9.67. The molecule has 0 aliphatic heterocycles. The van der Waals surface area contributed by atoms with Crippen LogP contribution in [0.15, 0.2) is 29.1 Å². The number of ether oxygens (including phenoxy) is 1. The van der Waals surface area contributed by atoms with Crippen LogP contribution in [0.3, 0.4) is 0 Å². The molecule has 1 aliphatic carbocycles. The summed E-state index contributed by atoms with van der Waals surface area (Å²) in [5, 5.41) is 14.3. The lowest BCUT2D eigenvalue weighted by molar-refractivity contribution is -0.154. The fourth-order valence-electron chi connectivity index (χ4n) is 2.74. The molecule has 0 aromatic rings. The van der Waals surface area contributed by atoms with Crippen molar-refractivity contribution in [2.45, 2.75) is 40.0 Å². The molecule has 6 heteroatoms. The number of methoxy groups -OCH3 is 1. The molecular weight excluding hydrogens is 298 g/mol. The molecule has 6 nitrogen and oxygen atoms in total. The molecule has 0 amide bonds. The van der Waals surface area contributed by atoms with Gasteiger partial charge in [-0.15, -0.1) is 0 Å². The first-order chi connectivity index (χ1) is 10.8. The molecule has 1 atom stereocenters. The first kappa shape index (κ1) is 18.9. The predicted octanol–water partition coefficient (Wildman–Crippen LogP) is 2.95. The molecule has 1 rings (SSSR count). The molecule has 0 aromatic heterocycles. The van der Waals surface area contributed by atoms with E-state index in [0.717, 1.165) is 0 Å². The number of aliphatic hydroxyl groups is 1. The Morgan fingerprint density at radius 2 is 2.17 bits per heavy atom. The van der Waals surface area contributed by atoms with Crippen LogP contribution in [0.1, 0.15) is 40.0 Å². The zero-order valence-electron chi connectivity index (χ0n) is 14.2. The Bertz CT molecular complexity index is 545. The molecule has 23 heavy (non-hydrogen) atoms. The number of Topliss-reactive ketones (excluding diaryl/α,β-unsaturated/α-hetero) is 1. The van der Waals surface area contributed by atoms with Crippen molar-refractivity contribution in [3.63, 3.8) is 0 Å². The number of carbonyl (C=O) groups is 2.